The van der Waals surface area contributed by atoms with E-state index in [1.807, 2.05) is 18.2 Å². The van der Waals surface area contributed by atoms with E-state index in [0.29, 0.717) is 26.6 Å². The Morgan fingerprint density at radius 2 is 1.92 bits per heavy atom. The number of nitro groups is 1. The SMILES string of the molecule is COc1cc([C@@H]2Nc3c(Cl)cc([N+](=O)[O-])cc3[C@H]3C=CC[C@@H]32)cc(Br)c1OCc1ccc(Cl)c(Cl)c1. The zero-order valence-corrected chi connectivity index (χ0v) is 22.8. The zero-order chi connectivity index (χ0) is 25.6. The van der Waals surface area contributed by atoms with Gasteiger partial charge in [-0.15, -0.1) is 0 Å². The smallest absolute Gasteiger partial charge is 0.271 e. The number of hydrogen-bond acceptors (Lipinski definition) is 5. The third-order valence-corrected chi connectivity index (χ3v) is 8.22. The number of benzene rings is 3. The van der Waals surface area contributed by atoms with Crippen LogP contribution in [-0.2, 0) is 6.61 Å². The van der Waals surface area contributed by atoms with Gasteiger partial charge in [0.1, 0.15) is 6.61 Å². The molecule has 2 aliphatic rings. The van der Waals surface area contributed by atoms with E-state index in [0.717, 1.165) is 33.3 Å². The Bertz CT molecular complexity index is 1400. The summed E-state index contributed by atoms with van der Waals surface area (Å²) in [7, 11) is 1.59. The standard InChI is InChI=1S/C26H20BrCl3N2O4/c1-35-23-9-14(8-19(27)26(23)36-12-13-5-6-20(28)21(29)7-13)24-17-4-2-3-16(17)18-10-15(32(33)34)11-22(30)25(18)31-24/h2-3,5-11,16-17,24,31H,4,12H2,1H3/t16-,17-,24-/m0/s1. The lowest BCUT2D eigenvalue weighted by Crippen LogP contribution is -2.29. The van der Waals surface area contributed by atoms with Crippen molar-refractivity contribution < 1.29 is 14.4 Å². The van der Waals surface area contributed by atoms with Gasteiger partial charge in [0, 0.05) is 18.1 Å². The minimum Gasteiger partial charge on any atom is -0.493 e. The zero-order valence-electron chi connectivity index (χ0n) is 18.9. The molecule has 0 radical (unpaired) electrons. The van der Waals surface area contributed by atoms with E-state index in [2.05, 4.69) is 33.4 Å². The molecule has 0 saturated heterocycles. The van der Waals surface area contributed by atoms with Gasteiger partial charge in [-0.25, -0.2) is 0 Å². The van der Waals surface area contributed by atoms with Crippen molar-refractivity contribution in [2.45, 2.75) is 25.0 Å². The summed E-state index contributed by atoms with van der Waals surface area (Å²) in [5.41, 5.74) is 3.41. The number of allylic oxidation sites excluding steroid dienone is 2. The second-order valence-corrected chi connectivity index (χ2v) is 10.8. The summed E-state index contributed by atoms with van der Waals surface area (Å²) in [6.45, 7) is 0.281. The van der Waals surface area contributed by atoms with E-state index in [4.69, 9.17) is 44.3 Å². The molecule has 6 nitrogen and oxygen atoms in total. The van der Waals surface area contributed by atoms with Crippen LogP contribution < -0.4 is 14.8 Å². The molecule has 1 aliphatic heterocycles. The topological polar surface area (TPSA) is 73.6 Å². The molecule has 0 spiro atoms. The molecule has 0 aromatic heterocycles. The second kappa shape index (κ2) is 10.1. The molecule has 0 saturated carbocycles. The van der Waals surface area contributed by atoms with E-state index in [-0.39, 0.29) is 30.2 Å². The Labute approximate surface area is 231 Å². The summed E-state index contributed by atoms with van der Waals surface area (Å²) < 4.78 is 12.5. The highest BCUT2D eigenvalue weighted by atomic mass is 79.9. The van der Waals surface area contributed by atoms with Gasteiger partial charge in [0.05, 0.1) is 43.3 Å². The number of ether oxygens (including phenoxy) is 2. The van der Waals surface area contributed by atoms with Crippen molar-refractivity contribution in [2.75, 3.05) is 12.4 Å². The number of nitrogens with one attached hydrogen (secondary N) is 1. The van der Waals surface area contributed by atoms with Crippen LogP contribution in [0.25, 0.3) is 0 Å². The largest absolute Gasteiger partial charge is 0.493 e. The van der Waals surface area contributed by atoms with Crippen LogP contribution in [-0.4, -0.2) is 12.0 Å². The highest BCUT2D eigenvalue weighted by Crippen LogP contribution is 2.53. The van der Waals surface area contributed by atoms with Gasteiger partial charge in [0.2, 0.25) is 0 Å². The Morgan fingerprint density at radius 1 is 1.11 bits per heavy atom. The number of non-ortho nitro benzene ring substituents is 1. The summed E-state index contributed by atoms with van der Waals surface area (Å²) in [6, 6.07) is 12.2. The van der Waals surface area contributed by atoms with E-state index in [9.17, 15) is 10.1 Å². The van der Waals surface area contributed by atoms with Crippen molar-refractivity contribution in [1.29, 1.82) is 0 Å². The van der Waals surface area contributed by atoms with Crippen LogP contribution in [0.3, 0.4) is 0 Å². The van der Waals surface area contributed by atoms with Gasteiger partial charge in [-0.3, -0.25) is 10.1 Å². The predicted molar refractivity (Wildman–Crippen MR) is 146 cm³/mol. The number of nitro benzene ring substituents is 1. The molecule has 0 bridgehead atoms. The predicted octanol–water partition coefficient (Wildman–Crippen LogP) is 8.73. The number of nitrogens with zero attached hydrogens (tertiary/aromatic N) is 1. The molecule has 1 N–H and O–H groups in total. The van der Waals surface area contributed by atoms with Gasteiger partial charge in [0.15, 0.2) is 11.5 Å². The molecule has 1 heterocycles. The lowest BCUT2D eigenvalue weighted by atomic mass is 9.77. The van der Waals surface area contributed by atoms with Crippen LogP contribution in [0.1, 0.15) is 35.1 Å². The van der Waals surface area contributed by atoms with Crippen molar-refractivity contribution in [3.8, 4) is 11.5 Å². The molecule has 1 aliphatic carbocycles. The van der Waals surface area contributed by atoms with Crippen molar-refractivity contribution in [3.63, 3.8) is 0 Å². The van der Waals surface area contributed by atoms with Crippen LogP contribution in [0.4, 0.5) is 11.4 Å². The van der Waals surface area contributed by atoms with Gasteiger partial charge >= 0.3 is 0 Å². The first-order valence-corrected chi connectivity index (χ1v) is 13.0. The van der Waals surface area contributed by atoms with Gasteiger partial charge < -0.3 is 14.8 Å². The minimum absolute atomic E-state index is 0.00839. The van der Waals surface area contributed by atoms with Crippen LogP contribution >= 0.6 is 50.7 Å². The Balaban J connectivity index is 1.47. The first-order valence-electron chi connectivity index (χ1n) is 11.1. The number of methoxy groups -OCH3 is 1. The summed E-state index contributed by atoms with van der Waals surface area (Å²) >= 11 is 22.3. The molecule has 186 valence electrons. The average Bonchev–Trinajstić information content (AvgIpc) is 3.35. The van der Waals surface area contributed by atoms with E-state index in [1.165, 1.54) is 6.07 Å². The summed E-state index contributed by atoms with van der Waals surface area (Å²) in [5.74, 6) is 1.32. The van der Waals surface area contributed by atoms with Gasteiger partial charge in [-0.1, -0.05) is 53.0 Å². The van der Waals surface area contributed by atoms with E-state index in [1.54, 1.807) is 25.3 Å². The molecule has 3 aromatic rings. The lowest BCUT2D eigenvalue weighted by Gasteiger charge is -2.38. The highest BCUT2D eigenvalue weighted by Gasteiger charge is 2.40. The third-order valence-electron chi connectivity index (χ3n) is 6.59. The van der Waals surface area contributed by atoms with Crippen molar-refractivity contribution in [1.82, 2.24) is 0 Å². The average molecular weight is 611 g/mol. The molecule has 3 atom stereocenters. The van der Waals surface area contributed by atoms with Crippen molar-refractivity contribution >= 4 is 62.1 Å². The van der Waals surface area contributed by atoms with Gasteiger partial charge in [-0.2, -0.15) is 0 Å². The number of anilines is 1. The maximum absolute atomic E-state index is 11.4. The summed E-state index contributed by atoms with van der Waals surface area (Å²) in [4.78, 5) is 11.0. The fraction of sp³-hybridized carbons (Fsp3) is 0.231. The fourth-order valence-electron chi connectivity index (χ4n) is 4.92. The van der Waals surface area contributed by atoms with Crippen LogP contribution in [0, 0.1) is 16.0 Å². The summed E-state index contributed by atoms with van der Waals surface area (Å²) in [6.07, 6.45) is 5.06. The van der Waals surface area contributed by atoms with Gasteiger partial charge in [0.25, 0.3) is 5.69 Å². The maximum atomic E-state index is 11.4. The molecular weight excluding hydrogens is 591 g/mol. The molecule has 0 fully saturated rings. The number of hydrogen-bond donors (Lipinski definition) is 1. The van der Waals surface area contributed by atoms with Gasteiger partial charge in [-0.05, 0) is 69.2 Å². The fourth-order valence-corrected chi connectivity index (χ4v) is 6.09. The van der Waals surface area contributed by atoms with Crippen LogP contribution in [0.15, 0.2) is 59.1 Å². The van der Waals surface area contributed by atoms with Crippen LogP contribution in [0.2, 0.25) is 15.1 Å². The molecule has 0 amide bonds. The van der Waals surface area contributed by atoms with Crippen LogP contribution in [0.5, 0.6) is 11.5 Å². The maximum Gasteiger partial charge on any atom is 0.271 e. The van der Waals surface area contributed by atoms with Crippen molar-refractivity contribution in [3.05, 3.63) is 101 Å². The Kier molecular flexibility index (Phi) is 7.10. The Morgan fingerprint density at radius 3 is 2.64 bits per heavy atom. The number of rotatable bonds is 6. The van der Waals surface area contributed by atoms with E-state index >= 15 is 0 Å². The highest BCUT2D eigenvalue weighted by molar-refractivity contribution is 9.10. The monoisotopic (exact) mass is 608 g/mol. The second-order valence-electron chi connectivity index (χ2n) is 8.70. The Hall–Kier alpha value is -2.45. The number of halogens is 4. The third kappa shape index (κ3) is 4.65. The van der Waals surface area contributed by atoms with E-state index < -0.39 is 4.92 Å². The van der Waals surface area contributed by atoms with Crippen molar-refractivity contribution in [2.24, 2.45) is 5.92 Å². The molecule has 10 heteroatoms. The molecule has 0 unspecified atom stereocenters. The molecule has 5 rings (SSSR count). The molecule has 36 heavy (non-hydrogen) atoms. The summed E-state index contributed by atoms with van der Waals surface area (Å²) in [5, 5.41) is 16.2. The quantitative estimate of drug-likeness (QED) is 0.172. The normalized spacial score (nSPS) is 19.9. The number of fused-ring (bicyclic) bond motifs is 3. The minimum atomic E-state index is -0.412. The lowest BCUT2D eigenvalue weighted by molar-refractivity contribution is -0.384. The molecule has 3 aromatic carbocycles. The first-order chi connectivity index (χ1) is 17.3. The molecular formula is C26H20BrCl3N2O4. The first kappa shape index (κ1) is 25.2.